The van der Waals surface area contributed by atoms with Crippen LogP contribution >= 0.6 is 0 Å². The topological polar surface area (TPSA) is 14.8 Å². The predicted octanol–water partition coefficient (Wildman–Crippen LogP) is 14.0. The Morgan fingerprint density at radius 3 is 1.24 bits per heavy atom. The van der Waals surface area contributed by atoms with Gasteiger partial charge in [0, 0.05) is 43.6 Å². The molecule has 14 rings (SSSR count). The van der Waals surface area contributed by atoms with Crippen LogP contribution in [0.1, 0.15) is 0 Å². The molecule has 0 spiro atoms. The lowest BCUT2D eigenvalue weighted by atomic mass is 10.0. The predicted molar refractivity (Wildman–Crippen MR) is 299 cm³/mol. The van der Waals surface area contributed by atoms with Crippen molar-refractivity contribution in [3.8, 4) is 28.2 Å². The third-order valence-electron chi connectivity index (χ3n) is 14.8. The minimum Gasteiger partial charge on any atom is -0.309 e. The van der Waals surface area contributed by atoms with E-state index in [1.807, 2.05) is 0 Å². The fourth-order valence-corrected chi connectivity index (χ4v) is 16.9. The third kappa shape index (κ3) is 5.87. The van der Waals surface area contributed by atoms with Gasteiger partial charge < -0.3 is 13.7 Å². The maximum Gasteiger partial charge on any atom is 0.181 e. The van der Waals surface area contributed by atoms with Gasteiger partial charge in [0.1, 0.15) is 0 Å². The number of nitrogens with zero attached hydrogens (tertiary/aromatic N) is 3. The molecule has 0 aliphatic carbocycles. The molecule has 0 N–H and O–H groups in total. The Morgan fingerprint density at radius 1 is 0.271 bits per heavy atom. The summed E-state index contributed by atoms with van der Waals surface area (Å²) in [5.74, 6) is 0. The van der Waals surface area contributed by atoms with Gasteiger partial charge in [0.25, 0.3) is 0 Å². The van der Waals surface area contributed by atoms with Crippen molar-refractivity contribution < 1.29 is 0 Å². The summed E-state index contributed by atoms with van der Waals surface area (Å²) in [5.41, 5.74) is 13.0. The van der Waals surface area contributed by atoms with Crippen LogP contribution in [0, 0.1) is 0 Å². The summed E-state index contributed by atoms with van der Waals surface area (Å²) in [6, 6.07) is 102. The van der Waals surface area contributed by atoms with Crippen LogP contribution in [0.2, 0.25) is 0 Å². The molecule has 70 heavy (non-hydrogen) atoms. The van der Waals surface area contributed by atoms with Crippen LogP contribution in [-0.2, 0) is 0 Å². The number of hydrogen-bond acceptors (Lipinski definition) is 0. The molecule has 0 aliphatic rings. The van der Waals surface area contributed by atoms with Gasteiger partial charge >= 0.3 is 0 Å². The van der Waals surface area contributed by atoms with E-state index in [1.54, 1.807) is 0 Å². The van der Waals surface area contributed by atoms with Crippen LogP contribution in [0.3, 0.4) is 0 Å². The van der Waals surface area contributed by atoms with Crippen molar-refractivity contribution >= 4 is 94.2 Å². The Balaban J connectivity index is 1.16. The van der Waals surface area contributed by atoms with Crippen molar-refractivity contribution in [2.45, 2.75) is 0 Å². The Kier molecular flexibility index (Phi) is 9.23. The highest BCUT2D eigenvalue weighted by Crippen LogP contribution is 2.42. The van der Waals surface area contributed by atoms with Gasteiger partial charge in [-0.2, -0.15) is 0 Å². The molecule has 0 radical (unpaired) electrons. The minimum absolute atomic E-state index is 1.12. The SMILES string of the molecule is c1ccc(-c2ccccc2-n2c3ccccc3c3cc(-n4c5ccccc5c5c(-n6c7ccccc7c7ccccc76)ccc([Si](c6ccccc6)(c6ccccc6)c6ccccc6)c54)ccc32)cc1. The van der Waals surface area contributed by atoms with Crippen molar-refractivity contribution in [2.24, 2.45) is 0 Å². The molecule has 0 fully saturated rings. The number of rotatable bonds is 8. The molecular weight excluding hydrogens is 863 g/mol. The Hall–Kier alpha value is -8.96. The van der Waals surface area contributed by atoms with E-state index in [2.05, 4.69) is 287 Å². The molecule has 14 aromatic rings. The van der Waals surface area contributed by atoms with Gasteiger partial charge in [0.15, 0.2) is 8.07 Å². The minimum atomic E-state index is -3.12. The van der Waals surface area contributed by atoms with E-state index in [4.69, 9.17) is 0 Å². The van der Waals surface area contributed by atoms with Crippen LogP contribution < -0.4 is 20.7 Å². The van der Waals surface area contributed by atoms with E-state index in [-0.39, 0.29) is 0 Å². The molecule has 3 aromatic heterocycles. The molecule has 0 unspecified atom stereocenters. The molecule has 0 aliphatic heterocycles. The molecule has 328 valence electrons. The molecule has 4 heteroatoms. The molecule has 11 aromatic carbocycles. The monoisotopic (exact) mass is 907 g/mol. The lowest BCUT2D eigenvalue weighted by molar-refractivity contribution is 1.16. The van der Waals surface area contributed by atoms with E-state index in [9.17, 15) is 0 Å². The number of para-hydroxylation sites is 5. The fourth-order valence-electron chi connectivity index (χ4n) is 11.9. The summed E-state index contributed by atoms with van der Waals surface area (Å²) in [7, 11) is -3.12. The molecule has 0 bridgehead atoms. The number of aromatic nitrogens is 3. The molecular formula is C66H45N3Si. The third-order valence-corrected chi connectivity index (χ3v) is 19.6. The number of benzene rings is 11. The summed E-state index contributed by atoms with van der Waals surface area (Å²) in [6.07, 6.45) is 0. The smallest absolute Gasteiger partial charge is 0.181 e. The zero-order valence-corrected chi connectivity index (χ0v) is 39.3. The van der Waals surface area contributed by atoms with Crippen molar-refractivity contribution in [1.29, 1.82) is 0 Å². The average Bonchev–Trinajstić information content (AvgIpc) is 4.08. The van der Waals surface area contributed by atoms with E-state index >= 15 is 0 Å². The Bertz CT molecular complexity index is 4130. The molecule has 0 atom stereocenters. The largest absolute Gasteiger partial charge is 0.309 e. The second-order valence-corrected chi connectivity index (χ2v) is 22.1. The van der Waals surface area contributed by atoms with Crippen LogP contribution in [0.25, 0.3) is 93.6 Å². The summed E-state index contributed by atoms with van der Waals surface area (Å²) in [5, 5.41) is 12.7. The standard InChI is InChI=1S/C66H45N3Si/c1-5-23-46(24-6-1)51-31-13-18-36-57(51)68-60-39-21-16-34-54(60)56-45-47(41-42-62(56)68)67-61-40-22-17-35-55(61)65-63(69-58-37-19-14-32-52(58)53-33-15-20-38-59(53)69)43-44-64(66(65)67)70(48-25-7-2-8-26-48,49-27-9-3-10-28-49)50-29-11-4-12-30-50/h1-45H. The fraction of sp³-hybridized carbons (Fsp3) is 0. The van der Waals surface area contributed by atoms with E-state index in [0.717, 1.165) is 11.4 Å². The van der Waals surface area contributed by atoms with Crippen molar-refractivity contribution in [1.82, 2.24) is 13.7 Å². The van der Waals surface area contributed by atoms with E-state index in [0.29, 0.717) is 0 Å². The van der Waals surface area contributed by atoms with Crippen LogP contribution in [0.5, 0.6) is 0 Å². The highest BCUT2D eigenvalue weighted by Gasteiger charge is 2.44. The van der Waals surface area contributed by atoms with Gasteiger partial charge in [-0.25, -0.2) is 0 Å². The van der Waals surface area contributed by atoms with E-state index in [1.165, 1.54) is 103 Å². The Labute approximate surface area is 407 Å². The first-order valence-corrected chi connectivity index (χ1v) is 26.2. The summed E-state index contributed by atoms with van der Waals surface area (Å²) < 4.78 is 7.59. The molecule has 3 nitrogen and oxygen atoms in total. The molecule has 3 heterocycles. The quantitative estimate of drug-likeness (QED) is 0.107. The number of fused-ring (bicyclic) bond motifs is 9. The first kappa shape index (κ1) is 40.1. The van der Waals surface area contributed by atoms with Gasteiger partial charge in [-0.3, -0.25) is 0 Å². The first-order chi connectivity index (χ1) is 34.8. The van der Waals surface area contributed by atoms with Crippen molar-refractivity contribution in [3.05, 3.63) is 273 Å². The van der Waals surface area contributed by atoms with Crippen LogP contribution in [0.4, 0.5) is 0 Å². The van der Waals surface area contributed by atoms with Gasteiger partial charge in [-0.05, 0) is 80.9 Å². The van der Waals surface area contributed by atoms with Crippen molar-refractivity contribution in [2.75, 3.05) is 0 Å². The summed E-state index contributed by atoms with van der Waals surface area (Å²) >= 11 is 0. The molecule has 0 amide bonds. The Morgan fingerprint density at radius 2 is 0.686 bits per heavy atom. The van der Waals surface area contributed by atoms with Gasteiger partial charge in [-0.1, -0.05) is 218 Å². The molecule has 0 saturated heterocycles. The lowest BCUT2D eigenvalue weighted by Crippen LogP contribution is -2.75. The van der Waals surface area contributed by atoms with Crippen LogP contribution in [0.15, 0.2) is 273 Å². The van der Waals surface area contributed by atoms with Gasteiger partial charge in [0.2, 0.25) is 0 Å². The second-order valence-electron chi connectivity index (χ2n) is 18.4. The first-order valence-electron chi connectivity index (χ1n) is 24.2. The van der Waals surface area contributed by atoms with Crippen LogP contribution in [-0.4, -0.2) is 21.8 Å². The summed E-state index contributed by atoms with van der Waals surface area (Å²) in [4.78, 5) is 0. The average molecular weight is 908 g/mol. The second kappa shape index (κ2) is 16.1. The van der Waals surface area contributed by atoms with Gasteiger partial charge in [-0.15, -0.1) is 0 Å². The maximum absolute atomic E-state index is 3.12. The zero-order chi connectivity index (χ0) is 46.2. The highest BCUT2D eigenvalue weighted by atomic mass is 28.3. The lowest BCUT2D eigenvalue weighted by Gasteiger charge is -2.35. The van der Waals surface area contributed by atoms with Crippen molar-refractivity contribution in [3.63, 3.8) is 0 Å². The molecule has 0 saturated carbocycles. The highest BCUT2D eigenvalue weighted by molar-refractivity contribution is 7.20. The van der Waals surface area contributed by atoms with Gasteiger partial charge in [0.05, 0.1) is 44.5 Å². The van der Waals surface area contributed by atoms with E-state index < -0.39 is 8.07 Å². The zero-order valence-electron chi connectivity index (χ0n) is 38.3. The maximum atomic E-state index is 2.61. The summed E-state index contributed by atoms with van der Waals surface area (Å²) in [6.45, 7) is 0. The normalized spacial score (nSPS) is 12.0. The number of hydrogen-bond donors (Lipinski definition) is 0.